The van der Waals surface area contributed by atoms with Crippen LogP contribution in [0.5, 0.6) is 0 Å². The number of nitrogens with one attached hydrogen (secondary N) is 1. The monoisotopic (exact) mass is 220 g/mol. The van der Waals surface area contributed by atoms with E-state index in [0.717, 1.165) is 12.1 Å². The molecule has 1 heterocycles. The highest BCUT2D eigenvalue weighted by atomic mass is 16.5. The van der Waals surface area contributed by atoms with Gasteiger partial charge in [0.15, 0.2) is 0 Å². The van der Waals surface area contributed by atoms with Crippen molar-refractivity contribution in [1.29, 1.82) is 0 Å². The predicted octanol–water partition coefficient (Wildman–Crippen LogP) is 1.29. The van der Waals surface area contributed by atoms with E-state index in [-0.39, 0.29) is 5.97 Å². The molecule has 1 aromatic rings. The molecule has 0 radical (unpaired) electrons. The molecule has 0 aliphatic carbocycles. The zero-order valence-electron chi connectivity index (χ0n) is 9.56. The van der Waals surface area contributed by atoms with Crippen LogP contribution in [-0.4, -0.2) is 24.6 Å². The molecule has 1 aromatic heterocycles. The predicted molar refractivity (Wildman–Crippen MR) is 61.7 cm³/mol. The Balaban J connectivity index is 2.29. The van der Waals surface area contributed by atoms with Crippen LogP contribution in [0.3, 0.4) is 0 Å². The molecular formula is C12H16N2O2. The molecular weight excluding hydrogens is 204 g/mol. The number of aromatic nitrogens is 1. The highest BCUT2D eigenvalue weighted by Gasteiger charge is 2.00. The van der Waals surface area contributed by atoms with Crippen LogP contribution in [0.4, 0.5) is 0 Å². The van der Waals surface area contributed by atoms with Crippen molar-refractivity contribution in [2.45, 2.75) is 13.5 Å². The minimum atomic E-state index is -0.289. The highest BCUT2D eigenvalue weighted by molar-refractivity contribution is 5.87. The van der Waals surface area contributed by atoms with E-state index >= 15 is 0 Å². The molecule has 86 valence electrons. The van der Waals surface area contributed by atoms with Crippen LogP contribution in [0.2, 0.25) is 0 Å². The molecule has 0 aromatic carbocycles. The summed E-state index contributed by atoms with van der Waals surface area (Å²) in [7, 11) is 1.38. The number of hydrogen-bond acceptors (Lipinski definition) is 4. The first-order chi connectivity index (χ1) is 7.74. The maximum absolute atomic E-state index is 11.0. The van der Waals surface area contributed by atoms with Gasteiger partial charge in [-0.25, -0.2) is 4.79 Å². The second kappa shape index (κ2) is 6.74. The first kappa shape index (κ1) is 12.4. The number of methoxy groups -OCH3 is 1. The van der Waals surface area contributed by atoms with Gasteiger partial charge in [0.2, 0.25) is 0 Å². The van der Waals surface area contributed by atoms with Gasteiger partial charge in [0.05, 0.1) is 7.11 Å². The van der Waals surface area contributed by atoms with Crippen molar-refractivity contribution in [3.63, 3.8) is 0 Å². The average molecular weight is 220 g/mol. The van der Waals surface area contributed by atoms with Crippen LogP contribution in [0, 0.1) is 0 Å². The molecule has 1 N–H and O–H groups in total. The van der Waals surface area contributed by atoms with Crippen molar-refractivity contribution in [1.82, 2.24) is 10.3 Å². The smallest absolute Gasteiger partial charge is 0.333 e. The Morgan fingerprint density at radius 1 is 1.62 bits per heavy atom. The number of carbonyl (C=O) groups excluding carboxylic acids is 1. The van der Waals surface area contributed by atoms with Crippen LogP contribution in [-0.2, 0) is 16.1 Å². The van der Waals surface area contributed by atoms with Gasteiger partial charge in [-0.3, -0.25) is 4.98 Å². The Morgan fingerprint density at radius 3 is 3.06 bits per heavy atom. The number of hydrogen-bond donors (Lipinski definition) is 1. The van der Waals surface area contributed by atoms with E-state index in [2.05, 4.69) is 15.0 Å². The number of ether oxygens (including phenoxy) is 1. The summed E-state index contributed by atoms with van der Waals surface area (Å²) in [6.07, 6.45) is 5.36. The number of rotatable bonds is 5. The lowest BCUT2D eigenvalue weighted by molar-refractivity contribution is -0.136. The molecule has 0 spiro atoms. The van der Waals surface area contributed by atoms with Crippen LogP contribution in [0.25, 0.3) is 0 Å². The summed E-state index contributed by atoms with van der Waals surface area (Å²) in [5.74, 6) is -0.289. The quantitative estimate of drug-likeness (QED) is 0.461. The average Bonchev–Trinajstić information content (AvgIpc) is 2.34. The number of nitrogens with zero attached hydrogens (tertiary/aromatic N) is 1. The maximum Gasteiger partial charge on any atom is 0.333 e. The summed E-state index contributed by atoms with van der Waals surface area (Å²) in [5, 5.41) is 3.19. The fraction of sp³-hybridized carbons (Fsp3) is 0.333. The lowest BCUT2D eigenvalue weighted by Gasteiger charge is -2.02. The van der Waals surface area contributed by atoms with Gasteiger partial charge in [-0.2, -0.15) is 0 Å². The second-order valence-corrected chi connectivity index (χ2v) is 3.37. The Morgan fingerprint density at radius 2 is 2.44 bits per heavy atom. The third-order valence-corrected chi connectivity index (χ3v) is 2.11. The largest absolute Gasteiger partial charge is 0.466 e. The van der Waals surface area contributed by atoms with E-state index in [1.165, 1.54) is 7.11 Å². The van der Waals surface area contributed by atoms with Gasteiger partial charge in [-0.1, -0.05) is 12.1 Å². The zero-order chi connectivity index (χ0) is 11.8. The molecule has 0 fully saturated rings. The van der Waals surface area contributed by atoms with Gasteiger partial charge in [0.25, 0.3) is 0 Å². The van der Waals surface area contributed by atoms with Gasteiger partial charge in [-0.15, -0.1) is 0 Å². The lowest BCUT2D eigenvalue weighted by atomic mass is 10.2. The van der Waals surface area contributed by atoms with E-state index in [9.17, 15) is 4.79 Å². The Kier molecular flexibility index (Phi) is 5.22. The Hall–Kier alpha value is -1.68. The minimum absolute atomic E-state index is 0.289. The fourth-order valence-corrected chi connectivity index (χ4v) is 1.19. The highest BCUT2D eigenvalue weighted by Crippen LogP contribution is 1.96. The number of carbonyl (C=O) groups is 1. The lowest BCUT2D eigenvalue weighted by Crippen LogP contribution is -2.14. The molecule has 0 saturated heterocycles. The van der Waals surface area contributed by atoms with Crippen molar-refractivity contribution in [2.24, 2.45) is 0 Å². The first-order valence-corrected chi connectivity index (χ1v) is 5.08. The van der Waals surface area contributed by atoms with Gasteiger partial charge in [0.1, 0.15) is 0 Å². The number of pyridine rings is 1. The number of esters is 1. The van der Waals surface area contributed by atoms with Crippen molar-refractivity contribution >= 4 is 5.97 Å². The van der Waals surface area contributed by atoms with Crippen LogP contribution in [0.15, 0.2) is 36.2 Å². The van der Waals surface area contributed by atoms with E-state index in [1.807, 2.05) is 24.4 Å². The van der Waals surface area contributed by atoms with Crippen molar-refractivity contribution < 1.29 is 9.53 Å². The fourth-order valence-electron chi connectivity index (χ4n) is 1.19. The van der Waals surface area contributed by atoms with Crippen molar-refractivity contribution in [3.05, 3.63) is 41.7 Å². The molecule has 0 aliphatic rings. The first-order valence-electron chi connectivity index (χ1n) is 5.08. The maximum atomic E-state index is 11.0. The molecule has 0 unspecified atom stereocenters. The van der Waals surface area contributed by atoms with Gasteiger partial charge in [0, 0.05) is 31.1 Å². The summed E-state index contributed by atoms with van der Waals surface area (Å²) >= 11 is 0. The molecule has 4 heteroatoms. The Labute approximate surface area is 95.3 Å². The Bertz CT molecular complexity index is 361. The van der Waals surface area contributed by atoms with Crippen molar-refractivity contribution in [2.75, 3.05) is 13.7 Å². The normalized spacial score (nSPS) is 11.2. The van der Waals surface area contributed by atoms with Gasteiger partial charge < -0.3 is 10.1 Å². The second-order valence-electron chi connectivity index (χ2n) is 3.37. The van der Waals surface area contributed by atoms with E-state index in [1.54, 1.807) is 13.1 Å². The molecule has 0 aliphatic heterocycles. The summed E-state index contributed by atoms with van der Waals surface area (Å²) in [5.41, 5.74) is 1.73. The molecule has 0 atom stereocenters. The SMILES string of the molecule is COC(=O)/C(C)=C/CNCc1cccnc1. The molecule has 16 heavy (non-hydrogen) atoms. The third-order valence-electron chi connectivity index (χ3n) is 2.11. The molecule has 0 saturated carbocycles. The summed E-state index contributed by atoms with van der Waals surface area (Å²) in [4.78, 5) is 15.1. The van der Waals surface area contributed by atoms with E-state index in [4.69, 9.17) is 0 Å². The molecule has 0 bridgehead atoms. The molecule has 0 amide bonds. The molecule has 1 rings (SSSR count). The van der Waals surface area contributed by atoms with Crippen LogP contribution in [0.1, 0.15) is 12.5 Å². The summed E-state index contributed by atoms with van der Waals surface area (Å²) in [6, 6.07) is 3.89. The zero-order valence-corrected chi connectivity index (χ0v) is 9.56. The standard InChI is InChI=1S/C12H16N2O2/c1-10(12(15)16-2)5-7-14-9-11-4-3-6-13-8-11/h3-6,8,14H,7,9H2,1-2H3/b10-5+. The minimum Gasteiger partial charge on any atom is -0.466 e. The van der Waals surface area contributed by atoms with Crippen molar-refractivity contribution in [3.8, 4) is 0 Å². The van der Waals surface area contributed by atoms with Crippen LogP contribution >= 0.6 is 0 Å². The summed E-state index contributed by atoms with van der Waals surface area (Å²) in [6.45, 7) is 3.10. The van der Waals surface area contributed by atoms with Gasteiger partial charge in [-0.05, 0) is 18.6 Å². The molecule has 4 nitrogen and oxygen atoms in total. The van der Waals surface area contributed by atoms with E-state index in [0.29, 0.717) is 12.1 Å². The topological polar surface area (TPSA) is 51.2 Å². The van der Waals surface area contributed by atoms with Crippen LogP contribution < -0.4 is 5.32 Å². The third kappa shape index (κ3) is 4.23. The van der Waals surface area contributed by atoms with Gasteiger partial charge >= 0.3 is 5.97 Å². The summed E-state index contributed by atoms with van der Waals surface area (Å²) < 4.78 is 4.58. The van der Waals surface area contributed by atoms with E-state index < -0.39 is 0 Å².